The number of carboxylic acids is 1. The van der Waals surface area contributed by atoms with Crippen molar-refractivity contribution in [1.29, 1.82) is 0 Å². The smallest absolute Gasteiger partial charge is 0.326 e. The molecule has 0 aromatic heterocycles. The molecule has 1 atom stereocenters. The van der Waals surface area contributed by atoms with Crippen molar-refractivity contribution < 1.29 is 19.4 Å². The lowest BCUT2D eigenvalue weighted by molar-refractivity contribution is -0.141. The molecule has 1 aromatic rings. The molecule has 0 saturated carbocycles. The van der Waals surface area contributed by atoms with Crippen molar-refractivity contribution in [3.8, 4) is 5.75 Å². The minimum atomic E-state index is -1.07. The van der Waals surface area contributed by atoms with Crippen molar-refractivity contribution in [2.45, 2.75) is 33.7 Å². The highest BCUT2D eigenvalue weighted by molar-refractivity contribution is 5.93. The van der Waals surface area contributed by atoms with Crippen LogP contribution in [-0.4, -0.2) is 29.8 Å². The summed E-state index contributed by atoms with van der Waals surface area (Å²) in [5.41, 5.74) is -0.0994. The van der Waals surface area contributed by atoms with E-state index in [2.05, 4.69) is 10.6 Å². The van der Waals surface area contributed by atoms with Crippen LogP contribution < -0.4 is 15.4 Å². The minimum absolute atomic E-state index is 0.472. The number of aliphatic carboxylic acids is 1. The molecule has 0 aliphatic rings. The highest BCUT2D eigenvalue weighted by Gasteiger charge is 2.32. The van der Waals surface area contributed by atoms with Crippen LogP contribution >= 0.6 is 0 Å². The summed E-state index contributed by atoms with van der Waals surface area (Å²) in [5, 5.41) is 14.3. The molecular weight excluding hydrogens is 272 g/mol. The Bertz CT molecular complexity index is 509. The topological polar surface area (TPSA) is 87.7 Å². The van der Waals surface area contributed by atoms with Crippen molar-refractivity contribution in [3.63, 3.8) is 0 Å². The van der Waals surface area contributed by atoms with Gasteiger partial charge in [0.2, 0.25) is 0 Å². The summed E-state index contributed by atoms with van der Waals surface area (Å²) in [6.07, 6.45) is 0. The zero-order valence-electron chi connectivity index (χ0n) is 12.8. The van der Waals surface area contributed by atoms with E-state index in [1.807, 2.05) is 6.92 Å². The van der Waals surface area contributed by atoms with Crippen molar-refractivity contribution in [3.05, 3.63) is 24.3 Å². The van der Waals surface area contributed by atoms with Crippen molar-refractivity contribution >= 4 is 17.7 Å². The zero-order chi connectivity index (χ0) is 16.0. The predicted molar refractivity (Wildman–Crippen MR) is 80.6 cm³/mol. The number of ether oxygens (including phenoxy) is 1. The van der Waals surface area contributed by atoms with Crippen molar-refractivity contribution in [1.82, 2.24) is 5.32 Å². The number of carbonyl (C=O) groups is 2. The number of anilines is 1. The first-order valence-electron chi connectivity index (χ1n) is 6.78. The Hall–Kier alpha value is -2.24. The van der Waals surface area contributed by atoms with Gasteiger partial charge in [-0.25, -0.2) is 9.59 Å². The normalized spacial score (nSPS) is 12.4. The van der Waals surface area contributed by atoms with Gasteiger partial charge in [0.15, 0.2) is 0 Å². The number of hydrogen-bond acceptors (Lipinski definition) is 3. The van der Waals surface area contributed by atoms with Crippen LogP contribution in [0.3, 0.4) is 0 Å². The van der Waals surface area contributed by atoms with E-state index < -0.39 is 23.5 Å². The molecule has 6 nitrogen and oxygen atoms in total. The molecule has 0 aliphatic heterocycles. The quantitative estimate of drug-likeness (QED) is 0.779. The summed E-state index contributed by atoms with van der Waals surface area (Å²) in [6.45, 7) is 7.57. The highest BCUT2D eigenvalue weighted by atomic mass is 16.5. The molecule has 0 saturated heterocycles. The lowest BCUT2D eigenvalue weighted by atomic mass is 9.87. The molecule has 3 N–H and O–H groups in total. The average molecular weight is 294 g/mol. The summed E-state index contributed by atoms with van der Waals surface area (Å²) >= 11 is 0. The number of benzene rings is 1. The Morgan fingerprint density at radius 3 is 2.43 bits per heavy atom. The molecule has 0 fully saturated rings. The summed E-state index contributed by atoms with van der Waals surface area (Å²) in [4.78, 5) is 23.2. The molecule has 0 heterocycles. The van der Waals surface area contributed by atoms with Crippen LogP contribution in [0.15, 0.2) is 24.3 Å². The zero-order valence-corrected chi connectivity index (χ0v) is 12.8. The Kier molecular flexibility index (Phi) is 5.58. The van der Waals surface area contributed by atoms with Gasteiger partial charge in [-0.2, -0.15) is 0 Å². The number of carbonyl (C=O) groups excluding carboxylic acids is 1. The first-order valence-corrected chi connectivity index (χ1v) is 6.78. The second-order valence-electron chi connectivity index (χ2n) is 5.66. The Balaban J connectivity index is 2.80. The number of para-hydroxylation sites is 2. The van der Waals surface area contributed by atoms with Gasteiger partial charge < -0.3 is 20.5 Å². The molecule has 0 aliphatic carbocycles. The molecule has 116 valence electrons. The summed E-state index contributed by atoms with van der Waals surface area (Å²) in [6, 6.07) is 5.41. The summed E-state index contributed by atoms with van der Waals surface area (Å²) in [5.74, 6) is -0.534. The van der Waals surface area contributed by atoms with E-state index in [9.17, 15) is 14.7 Å². The van der Waals surface area contributed by atoms with Gasteiger partial charge in [0, 0.05) is 0 Å². The van der Waals surface area contributed by atoms with E-state index in [0.29, 0.717) is 18.0 Å². The molecular formula is C15H22N2O4. The fourth-order valence-corrected chi connectivity index (χ4v) is 1.79. The Morgan fingerprint density at radius 1 is 1.29 bits per heavy atom. The minimum Gasteiger partial charge on any atom is -0.492 e. The van der Waals surface area contributed by atoms with Crippen LogP contribution in [0.5, 0.6) is 5.75 Å². The third-order valence-electron chi connectivity index (χ3n) is 2.82. The molecule has 21 heavy (non-hydrogen) atoms. The number of hydrogen-bond donors (Lipinski definition) is 3. The van der Waals surface area contributed by atoms with E-state index in [0.717, 1.165) is 0 Å². The second-order valence-corrected chi connectivity index (χ2v) is 5.66. The number of urea groups is 1. The monoisotopic (exact) mass is 294 g/mol. The van der Waals surface area contributed by atoms with Gasteiger partial charge in [-0.05, 0) is 24.5 Å². The molecule has 2 amide bonds. The number of rotatable bonds is 5. The van der Waals surface area contributed by atoms with Gasteiger partial charge in [-0.1, -0.05) is 32.9 Å². The van der Waals surface area contributed by atoms with Gasteiger partial charge >= 0.3 is 12.0 Å². The molecule has 1 rings (SSSR count). The van der Waals surface area contributed by atoms with Crippen LogP contribution in [0.1, 0.15) is 27.7 Å². The van der Waals surface area contributed by atoms with Gasteiger partial charge in [0.1, 0.15) is 11.8 Å². The highest BCUT2D eigenvalue weighted by Crippen LogP contribution is 2.24. The van der Waals surface area contributed by atoms with Gasteiger partial charge in [0.05, 0.1) is 12.3 Å². The molecule has 1 aromatic carbocycles. The SMILES string of the molecule is CCOc1ccccc1NC(=O)NC(C(=O)O)C(C)(C)C. The predicted octanol–water partition coefficient (Wildman–Crippen LogP) is 2.71. The van der Waals surface area contributed by atoms with Gasteiger partial charge in [0.25, 0.3) is 0 Å². The fourth-order valence-electron chi connectivity index (χ4n) is 1.79. The van der Waals surface area contributed by atoms with E-state index in [-0.39, 0.29) is 0 Å². The van der Waals surface area contributed by atoms with Crippen LogP contribution in [-0.2, 0) is 4.79 Å². The molecule has 1 unspecified atom stereocenters. The number of carboxylic acid groups (broad SMARTS) is 1. The molecule has 6 heteroatoms. The van der Waals surface area contributed by atoms with E-state index >= 15 is 0 Å². The third kappa shape index (κ3) is 4.98. The van der Waals surface area contributed by atoms with Crippen LogP contribution in [0.4, 0.5) is 10.5 Å². The maximum Gasteiger partial charge on any atom is 0.326 e. The molecule has 0 radical (unpaired) electrons. The van der Waals surface area contributed by atoms with E-state index in [4.69, 9.17) is 4.74 Å². The molecule has 0 bridgehead atoms. The Morgan fingerprint density at radius 2 is 1.90 bits per heavy atom. The maximum atomic E-state index is 12.0. The third-order valence-corrected chi connectivity index (χ3v) is 2.82. The van der Waals surface area contributed by atoms with Crippen molar-refractivity contribution in [2.75, 3.05) is 11.9 Å². The van der Waals surface area contributed by atoms with Gasteiger partial charge in [-0.3, -0.25) is 0 Å². The van der Waals surface area contributed by atoms with E-state index in [1.54, 1.807) is 45.0 Å². The lowest BCUT2D eigenvalue weighted by Crippen LogP contribution is -2.50. The maximum absolute atomic E-state index is 12.0. The first kappa shape index (κ1) is 16.8. The summed E-state index contributed by atoms with van der Waals surface area (Å²) < 4.78 is 5.40. The fraction of sp³-hybridized carbons (Fsp3) is 0.467. The Labute approximate surface area is 124 Å². The van der Waals surface area contributed by atoms with Crippen LogP contribution in [0, 0.1) is 5.41 Å². The number of amides is 2. The standard InChI is InChI=1S/C15H22N2O4/c1-5-21-11-9-7-6-8-10(11)16-14(20)17-12(13(18)19)15(2,3)4/h6-9,12H,5H2,1-4H3,(H,18,19)(H2,16,17,20). The average Bonchev–Trinajstić information content (AvgIpc) is 2.37. The molecule has 0 spiro atoms. The van der Waals surface area contributed by atoms with Crippen molar-refractivity contribution in [2.24, 2.45) is 5.41 Å². The summed E-state index contributed by atoms with van der Waals surface area (Å²) in [7, 11) is 0. The largest absolute Gasteiger partial charge is 0.492 e. The van der Waals surface area contributed by atoms with Crippen LogP contribution in [0.25, 0.3) is 0 Å². The van der Waals surface area contributed by atoms with Gasteiger partial charge in [-0.15, -0.1) is 0 Å². The van der Waals surface area contributed by atoms with E-state index in [1.165, 1.54) is 0 Å². The van der Waals surface area contributed by atoms with Crippen LogP contribution in [0.2, 0.25) is 0 Å². The first-order chi connectivity index (χ1) is 9.75. The lowest BCUT2D eigenvalue weighted by Gasteiger charge is -2.27. The second kappa shape index (κ2) is 6.97. The number of nitrogens with one attached hydrogen (secondary N) is 2.